The molecule has 15 heavy (non-hydrogen) atoms. The Bertz CT molecular complexity index is 340. The molecule has 0 unspecified atom stereocenters. The first-order chi connectivity index (χ1) is 7.04. The van der Waals surface area contributed by atoms with E-state index in [9.17, 15) is 4.39 Å². The Kier molecular flexibility index (Phi) is 3.77. The van der Waals surface area contributed by atoms with Crippen LogP contribution in [0.15, 0.2) is 12.1 Å². The molecule has 1 rings (SSSR count). The first-order valence-electron chi connectivity index (χ1n) is 4.93. The van der Waals surface area contributed by atoms with E-state index in [4.69, 9.17) is 15.2 Å². The SMILES string of the molecule is CCOc1cc(OC(C)C)c(F)cc1N. The van der Waals surface area contributed by atoms with E-state index in [2.05, 4.69) is 0 Å². The minimum atomic E-state index is -0.468. The maximum atomic E-state index is 13.4. The molecule has 3 nitrogen and oxygen atoms in total. The molecule has 0 aliphatic rings. The van der Waals surface area contributed by atoms with Gasteiger partial charge in [0.2, 0.25) is 0 Å². The number of hydrogen-bond donors (Lipinski definition) is 1. The highest BCUT2D eigenvalue weighted by Gasteiger charge is 2.10. The van der Waals surface area contributed by atoms with Crippen molar-refractivity contribution < 1.29 is 13.9 Å². The molecule has 0 fully saturated rings. The van der Waals surface area contributed by atoms with E-state index >= 15 is 0 Å². The molecule has 0 spiro atoms. The van der Waals surface area contributed by atoms with Crippen molar-refractivity contribution in [2.75, 3.05) is 12.3 Å². The van der Waals surface area contributed by atoms with Crippen molar-refractivity contribution in [3.05, 3.63) is 17.9 Å². The first-order valence-corrected chi connectivity index (χ1v) is 4.93. The third kappa shape index (κ3) is 3.01. The number of nitrogens with two attached hydrogens (primary N) is 1. The molecular weight excluding hydrogens is 197 g/mol. The lowest BCUT2D eigenvalue weighted by Gasteiger charge is -2.13. The molecule has 1 aromatic rings. The fourth-order valence-electron chi connectivity index (χ4n) is 1.17. The van der Waals surface area contributed by atoms with Crippen molar-refractivity contribution in [1.29, 1.82) is 0 Å². The first kappa shape index (κ1) is 11.6. The Hall–Kier alpha value is -1.45. The maximum absolute atomic E-state index is 13.4. The number of benzene rings is 1. The highest BCUT2D eigenvalue weighted by atomic mass is 19.1. The molecule has 2 N–H and O–H groups in total. The van der Waals surface area contributed by atoms with Crippen LogP contribution in [0.5, 0.6) is 11.5 Å². The van der Waals surface area contributed by atoms with E-state index in [1.165, 1.54) is 12.1 Å². The third-order valence-corrected chi connectivity index (χ3v) is 1.73. The molecule has 84 valence electrons. The van der Waals surface area contributed by atoms with E-state index in [1.54, 1.807) is 0 Å². The van der Waals surface area contributed by atoms with Crippen LogP contribution in [-0.4, -0.2) is 12.7 Å². The number of anilines is 1. The van der Waals surface area contributed by atoms with Crippen molar-refractivity contribution in [1.82, 2.24) is 0 Å². The van der Waals surface area contributed by atoms with E-state index in [-0.39, 0.29) is 17.5 Å². The van der Waals surface area contributed by atoms with Gasteiger partial charge in [0.25, 0.3) is 0 Å². The van der Waals surface area contributed by atoms with Crippen molar-refractivity contribution in [3.8, 4) is 11.5 Å². The quantitative estimate of drug-likeness (QED) is 0.782. The Balaban J connectivity index is 3.00. The molecule has 0 aromatic heterocycles. The molecule has 4 heteroatoms. The molecule has 0 saturated carbocycles. The molecule has 0 saturated heterocycles. The van der Waals surface area contributed by atoms with Crippen LogP contribution >= 0.6 is 0 Å². The van der Waals surface area contributed by atoms with Crippen molar-refractivity contribution in [2.45, 2.75) is 26.9 Å². The lowest BCUT2D eigenvalue weighted by molar-refractivity contribution is 0.229. The van der Waals surface area contributed by atoms with Crippen molar-refractivity contribution in [2.24, 2.45) is 0 Å². The molecular formula is C11H16FNO2. The van der Waals surface area contributed by atoms with Gasteiger partial charge in [0.15, 0.2) is 11.6 Å². The summed E-state index contributed by atoms with van der Waals surface area (Å²) in [5.41, 5.74) is 5.87. The van der Waals surface area contributed by atoms with Crippen LogP contribution in [0.4, 0.5) is 10.1 Å². The Morgan fingerprint density at radius 1 is 1.33 bits per heavy atom. The molecule has 0 aliphatic heterocycles. The van der Waals surface area contributed by atoms with Crippen LogP contribution < -0.4 is 15.2 Å². The van der Waals surface area contributed by atoms with Crippen LogP contribution in [0.2, 0.25) is 0 Å². The van der Waals surface area contributed by atoms with Gasteiger partial charge in [-0.05, 0) is 20.8 Å². The van der Waals surface area contributed by atoms with Crippen LogP contribution in [-0.2, 0) is 0 Å². The van der Waals surface area contributed by atoms with E-state index < -0.39 is 5.82 Å². The zero-order valence-corrected chi connectivity index (χ0v) is 9.21. The zero-order valence-electron chi connectivity index (χ0n) is 9.21. The monoisotopic (exact) mass is 213 g/mol. The van der Waals surface area contributed by atoms with Gasteiger partial charge in [-0.25, -0.2) is 4.39 Å². The van der Waals surface area contributed by atoms with Gasteiger partial charge in [-0.15, -0.1) is 0 Å². The highest BCUT2D eigenvalue weighted by molar-refractivity contribution is 5.56. The van der Waals surface area contributed by atoms with Crippen LogP contribution in [0.3, 0.4) is 0 Å². The van der Waals surface area contributed by atoms with Crippen molar-refractivity contribution in [3.63, 3.8) is 0 Å². The van der Waals surface area contributed by atoms with Crippen molar-refractivity contribution >= 4 is 5.69 Å². The second-order valence-corrected chi connectivity index (χ2v) is 3.42. The Labute approximate surface area is 89.0 Å². The standard InChI is InChI=1S/C11H16FNO2/c1-4-14-11-6-10(15-7(2)3)8(12)5-9(11)13/h5-7H,4,13H2,1-3H3. The molecule has 0 amide bonds. The van der Waals surface area contributed by atoms with E-state index in [1.807, 2.05) is 20.8 Å². The Morgan fingerprint density at radius 2 is 2.00 bits per heavy atom. The summed E-state index contributed by atoms with van der Waals surface area (Å²) in [6.07, 6.45) is -0.0856. The number of hydrogen-bond acceptors (Lipinski definition) is 3. The van der Waals surface area contributed by atoms with E-state index in [0.717, 1.165) is 0 Å². The number of nitrogen functional groups attached to an aromatic ring is 1. The van der Waals surface area contributed by atoms with Gasteiger partial charge < -0.3 is 15.2 Å². The predicted octanol–water partition coefficient (Wildman–Crippen LogP) is 2.59. The van der Waals surface area contributed by atoms with Crippen LogP contribution in [0, 0.1) is 5.82 Å². The van der Waals surface area contributed by atoms with Crippen LogP contribution in [0.1, 0.15) is 20.8 Å². The van der Waals surface area contributed by atoms with Gasteiger partial charge in [-0.1, -0.05) is 0 Å². The minimum absolute atomic E-state index is 0.0856. The highest BCUT2D eigenvalue weighted by Crippen LogP contribution is 2.30. The summed E-state index contributed by atoms with van der Waals surface area (Å²) in [5, 5.41) is 0. The van der Waals surface area contributed by atoms with Crippen LogP contribution in [0.25, 0.3) is 0 Å². The van der Waals surface area contributed by atoms with Gasteiger partial charge in [-0.3, -0.25) is 0 Å². The van der Waals surface area contributed by atoms with Gasteiger partial charge in [0.05, 0.1) is 18.4 Å². The summed E-state index contributed by atoms with van der Waals surface area (Å²) in [5.74, 6) is 0.154. The topological polar surface area (TPSA) is 44.5 Å². The molecule has 1 aromatic carbocycles. The second kappa shape index (κ2) is 4.87. The van der Waals surface area contributed by atoms with E-state index in [0.29, 0.717) is 12.4 Å². The number of ether oxygens (including phenoxy) is 2. The summed E-state index contributed by atoms with van der Waals surface area (Å²) in [6, 6.07) is 2.69. The molecule has 0 heterocycles. The minimum Gasteiger partial charge on any atom is -0.492 e. The smallest absolute Gasteiger partial charge is 0.167 e. The molecule has 0 bridgehead atoms. The maximum Gasteiger partial charge on any atom is 0.167 e. The molecule has 0 aliphatic carbocycles. The average molecular weight is 213 g/mol. The second-order valence-electron chi connectivity index (χ2n) is 3.42. The lowest BCUT2D eigenvalue weighted by Crippen LogP contribution is -2.08. The molecule has 0 atom stereocenters. The normalized spacial score (nSPS) is 10.5. The van der Waals surface area contributed by atoms with Gasteiger partial charge in [0.1, 0.15) is 5.75 Å². The third-order valence-electron chi connectivity index (χ3n) is 1.73. The summed E-state index contributed by atoms with van der Waals surface area (Å²) >= 11 is 0. The predicted molar refractivity (Wildman–Crippen MR) is 57.7 cm³/mol. The fraction of sp³-hybridized carbons (Fsp3) is 0.455. The summed E-state index contributed by atoms with van der Waals surface area (Å²) in [4.78, 5) is 0. The van der Waals surface area contributed by atoms with Gasteiger partial charge in [-0.2, -0.15) is 0 Å². The summed E-state index contributed by atoms with van der Waals surface area (Å²) in [7, 11) is 0. The summed E-state index contributed by atoms with van der Waals surface area (Å²) in [6.45, 7) is 5.98. The lowest BCUT2D eigenvalue weighted by atomic mass is 10.2. The number of halogens is 1. The van der Waals surface area contributed by atoms with Gasteiger partial charge >= 0.3 is 0 Å². The summed E-state index contributed by atoms with van der Waals surface area (Å²) < 4.78 is 23.9. The fourth-order valence-corrected chi connectivity index (χ4v) is 1.17. The van der Waals surface area contributed by atoms with Gasteiger partial charge in [0, 0.05) is 12.1 Å². The average Bonchev–Trinajstić information content (AvgIpc) is 2.12. The number of rotatable bonds is 4. The largest absolute Gasteiger partial charge is 0.492 e. The zero-order chi connectivity index (χ0) is 11.4. The Morgan fingerprint density at radius 3 is 2.53 bits per heavy atom. The molecule has 0 radical (unpaired) electrons.